The summed E-state index contributed by atoms with van der Waals surface area (Å²) >= 11 is 0. The monoisotopic (exact) mass is 488 g/mol. The Labute approximate surface area is 212 Å². The summed E-state index contributed by atoms with van der Waals surface area (Å²) in [6, 6.07) is 20.0. The molecule has 1 aliphatic heterocycles. The first-order chi connectivity index (χ1) is 17.5. The normalized spacial score (nSPS) is 18.2. The van der Waals surface area contributed by atoms with Gasteiger partial charge in [-0.05, 0) is 108 Å². The number of fused-ring (bicyclic) bond motifs is 1. The van der Waals surface area contributed by atoms with Crippen molar-refractivity contribution in [1.29, 1.82) is 0 Å². The lowest BCUT2D eigenvalue weighted by atomic mass is 9.87. The topological polar surface area (TPSA) is 38.5 Å². The number of halogens is 2. The fraction of sp³-hybridized carbons (Fsp3) is 0.355. The van der Waals surface area contributed by atoms with Crippen molar-refractivity contribution < 1.29 is 13.5 Å². The first kappa shape index (κ1) is 24.5. The Morgan fingerprint density at radius 3 is 2.58 bits per heavy atom. The highest BCUT2D eigenvalue weighted by Gasteiger charge is 2.24. The molecule has 0 unspecified atom stereocenters. The molecule has 0 bridgehead atoms. The SMILES string of the molecule is Cc1ccc(C2=C(c3ccc(O[C@H]4CCN(CCCF)C4)cc3)c3ccc(N)cc3CCC2)cc1F. The van der Waals surface area contributed by atoms with E-state index in [0.717, 1.165) is 84.6 Å². The average molecular weight is 489 g/mol. The lowest BCUT2D eigenvalue weighted by Gasteiger charge is -2.19. The van der Waals surface area contributed by atoms with Crippen LogP contribution >= 0.6 is 0 Å². The van der Waals surface area contributed by atoms with Crippen molar-refractivity contribution in [2.45, 2.75) is 45.1 Å². The average Bonchev–Trinajstić information content (AvgIpc) is 3.23. The number of anilines is 1. The van der Waals surface area contributed by atoms with Crippen LogP contribution in [0.25, 0.3) is 11.1 Å². The Morgan fingerprint density at radius 1 is 1.00 bits per heavy atom. The lowest BCUT2D eigenvalue weighted by Crippen LogP contribution is -2.26. The van der Waals surface area contributed by atoms with Crippen LogP contribution in [0.4, 0.5) is 14.5 Å². The van der Waals surface area contributed by atoms with Gasteiger partial charge >= 0.3 is 0 Å². The zero-order valence-corrected chi connectivity index (χ0v) is 20.9. The third kappa shape index (κ3) is 5.31. The Balaban J connectivity index is 1.48. The van der Waals surface area contributed by atoms with E-state index in [-0.39, 0.29) is 18.6 Å². The molecule has 1 fully saturated rings. The molecule has 0 amide bonds. The van der Waals surface area contributed by atoms with Crippen molar-refractivity contribution >= 4 is 16.8 Å². The van der Waals surface area contributed by atoms with Gasteiger partial charge in [0.2, 0.25) is 0 Å². The molecular weight excluding hydrogens is 454 g/mol. The van der Waals surface area contributed by atoms with E-state index in [1.165, 1.54) is 5.56 Å². The van der Waals surface area contributed by atoms with Crippen LogP contribution in [0, 0.1) is 12.7 Å². The predicted molar refractivity (Wildman–Crippen MR) is 143 cm³/mol. The molecule has 1 saturated heterocycles. The maximum absolute atomic E-state index is 14.6. The Hall–Kier alpha value is -3.18. The van der Waals surface area contributed by atoms with Gasteiger partial charge in [0.25, 0.3) is 0 Å². The van der Waals surface area contributed by atoms with E-state index in [1.54, 1.807) is 13.0 Å². The van der Waals surface area contributed by atoms with Gasteiger partial charge in [0.1, 0.15) is 17.7 Å². The van der Waals surface area contributed by atoms with E-state index in [0.29, 0.717) is 12.0 Å². The van der Waals surface area contributed by atoms with Crippen LogP contribution in [0.3, 0.4) is 0 Å². The molecular formula is C31H34F2N2O. The third-order valence-electron chi connectivity index (χ3n) is 7.38. The molecule has 1 atom stereocenters. The minimum absolute atomic E-state index is 0.127. The van der Waals surface area contributed by atoms with Gasteiger partial charge in [-0.2, -0.15) is 0 Å². The number of likely N-dealkylation sites (tertiary alicyclic amines) is 1. The number of ether oxygens (including phenoxy) is 1. The molecule has 188 valence electrons. The molecule has 0 spiro atoms. The van der Waals surface area contributed by atoms with E-state index in [2.05, 4.69) is 29.2 Å². The molecule has 5 heteroatoms. The van der Waals surface area contributed by atoms with Gasteiger partial charge in [-0.25, -0.2) is 4.39 Å². The number of allylic oxidation sites excluding steroid dienone is 1. The van der Waals surface area contributed by atoms with Crippen LogP contribution in [0.2, 0.25) is 0 Å². The highest BCUT2D eigenvalue weighted by molar-refractivity contribution is 6.00. The van der Waals surface area contributed by atoms with Gasteiger partial charge in [-0.1, -0.05) is 30.3 Å². The van der Waals surface area contributed by atoms with Gasteiger partial charge < -0.3 is 10.5 Å². The Bertz CT molecular complexity index is 1250. The van der Waals surface area contributed by atoms with Crippen molar-refractivity contribution in [2.24, 2.45) is 0 Å². The maximum atomic E-state index is 14.6. The Kier molecular flexibility index (Phi) is 7.38. The molecule has 0 radical (unpaired) electrons. The number of benzene rings is 3. The van der Waals surface area contributed by atoms with Crippen LogP contribution in [0.15, 0.2) is 60.7 Å². The van der Waals surface area contributed by atoms with Crippen LogP contribution in [-0.2, 0) is 6.42 Å². The highest BCUT2D eigenvalue weighted by Crippen LogP contribution is 2.41. The number of aryl methyl sites for hydroxylation is 2. The molecule has 0 saturated carbocycles. The summed E-state index contributed by atoms with van der Waals surface area (Å²) in [5.74, 6) is 0.660. The predicted octanol–water partition coefficient (Wildman–Crippen LogP) is 6.82. The minimum atomic E-state index is -0.272. The zero-order valence-electron chi connectivity index (χ0n) is 20.9. The van der Waals surface area contributed by atoms with E-state index in [1.807, 2.05) is 30.3 Å². The van der Waals surface area contributed by atoms with Crippen molar-refractivity contribution in [3.63, 3.8) is 0 Å². The molecule has 2 N–H and O–H groups in total. The molecule has 5 rings (SSSR count). The maximum Gasteiger partial charge on any atom is 0.126 e. The van der Waals surface area contributed by atoms with Crippen molar-refractivity contribution in [1.82, 2.24) is 4.90 Å². The number of hydrogen-bond donors (Lipinski definition) is 1. The molecule has 3 nitrogen and oxygen atoms in total. The van der Waals surface area contributed by atoms with Gasteiger partial charge in [0, 0.05) is 25.3 Å². The van der Waals surface area contributed by atoms with E-state index in [9.17, 15) is 8.78 Å². The quantitative estimate of drug-likeness (QED) is 0.371. The van der Waals surface area contributed by atoms with Crippen molar-refractivity contribution in [3.05, 3.63) is 94.3 Å². The van der Waals surface area contributed by atoms with E-state index >= 15 is 0 Å². The van der Waals surface area contributed by atoms with E-state index in [4.69, 9.17) is 10.5 Å². The molecule has 3 aromatic carbocycles. The van der Waals surface area contributed by atoms with Crippen molar-refractivity contribution in [3.8, 4) is 5.75 Å². The second-order valence-corrected chi connectivity index (χ2v) is 9.98. The molecule has 1 heterocycles. The zero-order chi connectivity index (χ0) is 25.1. The Morgan fingerprint density at radius 2 is 1.81 bits per heavy atom. The summed E-state index contributed by atoms with van der Waals surface area (Å²) in [6.07, 6.45) is 4.44. The van der Waals surface area contributed by atoms with Gasteiger partial charge in [0.15, 0.2) is 0 Å². The van der Waals surface area contributed by atoms with Gasteiger partial charge in [-0.3, -0.25) is 9.29 Å². The van der Waals surface area contributed by atoms with Crippen LogP contribution in [-0.4, -0.2) is 37.3 Å². The number of hydrogen-bond acceptors (Lipinski definition) is 3. The van der Waals surface area contributed by atoms with E-state index < -0.39 is 0 Å². The first-order valence-electron chi connectivity index (χ1n) is 13.0. The van der Waals surface area contributed by atoms with Crippen LogP contribution < -0.4 is 10.5 Å². The van der Waals surface area contributed by atoms with Crippen molar-refractivity contribution in [2.75, 3.05) is 32.0 Å². The molecule has 36 heavy (non-hydrogen) atoms. The summed E-state index contributed by atoms with van der Waals surface area (Å²) < 4.78 is 33.3. The largest absolute Gasteiger partial charge is 0.489 e. The third-order valence-corrected chi connectivity index (χ3v) is 7.38. The number of nitrogens with zero attached hydrogens (tertiary/aromatic N) is 1. The van der Waals surface area contributed by atoms with Gasteiger partial charge in [-0.15, -0.1) is 0 Å². The summed E-state index contributed by atoms with van der Waals surface area (Å²) in [5, 5.41) is 0. The second-order valence-electron chi connectivity index (χ2n) is 9.98. The summed E-state index contributed by atoms with van der Waals surface area (Å²) in [6.45, 7) is 4.10. The fourth-order valence-corrected chi connectivity index (χ4v) is 5.48. The molecule has 2 aliphatic rings. The first-order valence-corrected chi connectivity index (χ1v) is 13.0. The lowest BCUT2D eigenvalue weighted by molar-refractivity contribution is 0.198. The van der Waals surface area contributed by atoms with Crippen LogP contribution in [0.1, 0.15) is 53.5 Å². The highest BCUT2D eigenvalue weighted by atomic mass is 19.1. The van der Waals surface area contributed by atoms with Gasteiger partial charge in [0.05, 0.1) is 6.67 Å². The number of nitrogen functional groups attached to an aromatic ring is 1. The number of rotatable bonds is 7. The standard InChI is InChI=1S/C31H34F2N2O/c1-21-6-7-24(19-30(21)33)28-5-2-4-23-18-25(34)10-13-29(23)31(28)22-8-11-26(12-9-22)36-27-14-17-35(20-27)16-3-15-32/h6-13,18-19,27H,2-5,14-17,20,34H2,1H3/t27-/m0/s1. The summed E-state index contributed by atoms with van der Waals surface area (Å²) in [4.78, 5) is 2.27. The molecule has 0 aromatic heterocycles. The smallest absolute Gasteiger partial charge is 0.126 e. The second kappa shape index (κ2) is 10.8. The summed E-state index contributed by atoms with van der Waals surface area (Å²) in [5.41, 5.74) is 14.2. The molecule has 1 aliphatic carbocycles. The fourth-order valence-electron chi connectivity index (χ4n) is 5.48. The molecule has 3 aromatic rings. The van der Waals surface area contributed by atoms with Crippen LogP contribution in [0.5, 0.6) is 5.75 Å². The number of nitrogens with two attached hydrogens (primary N) is 1. The number of alkyl halides is 1. The minimum Gasteiger partial charge on any atom is -0.489 e. The summed E-state index contributed by atoms with van der Waals surface area (Å²) in [7, 11) is 0.